The molecule has 1 aliphatic heterocycles. The van der Waals surface area contributed by atoms with Crippen LogP contribution < -0.4 is 5.76 Å². The Hall–Kier alpha value is -3.62. The molecule has 9 nitrogen and oxygen atoms in total. The molecule has 1 aliphatic rings. The van der Waals surface area contributed by atoms with Crippen LogP contribution in [0.25, 0.3) is 11.1 Å². The molecule has 9 heteroatoms. The molecule has 1 saturated heterocycles. The molecule has 0 atom stereocenters. The number of carbonyl (C=O) groups is 3. The van der Waals surface area contributed by atoms with Gasteiger partial charge in [0.25, 0.3) is 5.91 Å². The minimum Gasteiger partial charge on any atom is -0.459 e. The van der Waals surface area contributed by atoms with E-state index >= 15 is 0 Å². The van der Waals surface area contributed by atoms with E-state index in [1.165, 1.54) is 12.3 Å². The number of piperazine rings is 1. The number of aromatic nitrogens is 1. The zero-order chi connectivity index (χ0) is 20.4. The molecule has 1 aromatic carbocycles. The summed E-state index contributed by atoms with van der Waals surface area (Å²) in [6.45, 7) is 1.67. The van der Waals surface area contributed by atoms with Gasteiger partial charge in [-0.15, -0.1) is 0 Å². The fourth-order valence-corrected chi connectivity index (χ4v) is 3.36. The van der Waals surface area contributed by atoms with Gasteiger partial charge in [-0.3, -0.25) is 19.4 Å². The van der Waals surface area contributed by atoms with Gasteiger partial charge in [0.05, 0.1) is 11.8 Å². The summed E-state index contributed by atoms with van der Waals surface area (Å²) in [4.78, 5) is 54.1. The van der Waals surface area contributed by atoms with Crippen LogP contribution in [0, 0.1) is 0 Å². The number of rotatable bonds is 5. The highest BCUT2D eigenvalue weighted by Gasteiger charge is 2.26. The molecule has 0 aliphatic carbocycles. The monoisotopic (exact) mass is 397 g/mol. The highest BCUT2D eigenvalue weighted by molar-refractivity contribution is 6.00. The predicted octanol–water partition coefficient (Wildman–Crippen LogP) is 1.66. The second-order valence-electron chi connectivity index (χ2n) is 6.80. The third-order valence-corrected chi connectivity index (χ3v) is 4.96. The number of oxazole rings is 1. The Morgan fingerprint density at radius 3 is 2.48 bits per heavy atom. The number of aromatic amines is 1. The lowest BCUT2D eigenvalue weighted by atomic mass is 10.1. The van der Waals surface area contributed by atoms with E-state index in [1.54, 1.807) is 34.1 Å². The van der Waals surface area contributed by atoms with Crippen molar-refractivity contribution in [3.8, 4) is 0 Å². The number of hydrogen-bond acceptors (Lipinski definition) is 6. The van der Waals surface area contributed by atoms with Crippen LogP contribution >= 0.6 is 0 Å². The number of H-pyrrole nitrogens is 1. The largest absolute Gasteiger partial charge is 0.459 e. The molecule has 2 amide bonds. The first-order valence-corrected chi connectivity index (χ1v) is 9.28. The second kappa shape index (κ2) is 7.78. The fourth-order valence-electron chi connectivity index (χ4n) is 3.36. The van der Waals surface area contributed by atoms with Crippen molar-refractivity contribution in [3.63, 3.8) is 0 Å². The molecule has 3 aromatic rings. The van der Waals surface area contributed by atoms with Crippen LogP contribution in [-0.4, -0.2) is 58.6 Å². The van der Waals surface area contributed by atoms with Gasteiger partial charge in [0.15, 0.2) is 17.1 Å². The first-order chi connectivity index (χ1) is 14.0. The summed E-state index contributed by atoms with van der Waals surface area (Å²) >= 11 is 0. The summed E-state index contributed by atoms with van der Waals surface area (Å²) in [7, 11) is 0. The Bertz CT molecular complexity index is 1100. The Balaban J connectivity index is 1.29. The molecule has 4 rings (SSSR count). The summed E-state index contributed by atoms with van der Waals surface area (Å²) < 4.78 is 10.1. The van der Waals surface area contributed by atoms with Crippen molar-refractivity contribution in [2.24, 2.45) is 0 Å². The number of nitrogens with one attached hydrogen (secondary N) is 1. The number of hydrogen-bond donors (Lipinski definition) is 1. The van der Waals surface area contributed by atoms with Crippen LogP contribution in [0.2, 0.25) is 0 Å². The van der Waals surface area contributed by atoms with E-state index in [0.29, 0.717) is 42.8 Å². The standard InChI is InChI=1S/C20H19N3O6/c24-15(13-3-4-14-17(12-13)29-20(27)21-14)5-6-18(25)22-7-9-23(10-8-22)19(26)16-2-1-11-28-16/h1-4,11-12H,5-10H2,(H,21,27). The molecule has 0 radical (unpaired) electrons. The fraction of sp³-hybridized carbons (Fsp3) is 0.300. The van der Waals surface area contributed by atoms with Crippen molar-refractivity contribution in [2.45, 2.75) is 12.8 Å². The number of fused-ring (bicyclic) bond motifs is 1. The molecule has 3 heterocycles. The van der Waals surface area contributed by atoms with Crippen LogP contribution in [-0.2, 0) is 4.79 Å². The lowest BCUT2D eigenvalue weighted by molar-refractivity contribution is -0.132. The Kier molecular flexibility index (Phi) is 5.03. The van der Waals surface area contributed by atoms with E-state index in [0.717, 1.165) is 0 Å². The quantitative estimate of drug-likeness (QED) is 0.655. The highest BCUT2D eigenvalue weighted by atomic mass is 16.4. The number of furan rings is 1. The zero-order valence-electron chi connectivity index (χ0n) is 15.6. The average Bonchev–Trinajstić information content (AvgIpc) is 3.39. The molecule has 2 aromatic heterocycles. The average molecular weight is 397 g/mol. The normalized spacial score (nSPS) is 14.3. The summed E-state index contributed by atoms with van der Waals surface area (Å²) in [5, 5.41) is 0. The topological polar surface area (TPSA) is 117 Å². The zero-order valence-corrected chi connectivity index (χ0v) is 15.6. The van der Waals surface area contributed by atoms with Crippen LogP contribution in [0.15, 0.2) is 50.2 Å². The van der Waals surface area contributed by atoms with Crippen molar-refractivity contribution in [1.29, 1.82) is 0 Å². The second-order valence-corrected chi connectivity index (χ2v) is 6.80. The van der Waals surface area contributed by atoms with Gasteiger partial charge in [-0.1, -0.05) is 0 Å². The van der Waals surface area contributed by atoms with Gasteiger partial charge in [0.2, 0.25) is 5.91 Å². The van der Waals surface area contributed by atoms with Gasteiger partial charge in [-0.2, -0.15) is 0 Å². The lowest BCUT2D eigenvalue weighted by Crippen LogP contribution is -2.50. The molecule has 1 fully saturated rings. The van der Waals surface area contributed by atoms with Gasteiger partial charge < -0.3 is 18.6 Å². The summed E-state index contributed by atoms with van der Waals surface area (Å²) in [6.07, 6.45) is 1.59. The first kappa shape index (κ1) is 18.7. The van der Waals surface area contributed by atoms with E-state index < -0.39 is 5.76 Å². The van der Waals surface area contributed by atoms with Crippen LogP contribution in [0.4, 0.5) is 0 Å². The van der Waals surface area contributed by atoms with Gasteiger partial charge >= 0.3 is 5.76 Å². The van der Waals surface area contributed by atoms with Gasteiger partial charge in [0.1, 0.15) is 0 Å². The maximum absolute atomic E-state index is 12.4. The van der Waals surface area contributed by atoms with E-state index in [2.05, 4.69) is 4.98 Å². The smallest absolute Gasteiger partial charge is 0.417 e. The summed E-state index contributed by atoms with van der Waals surface area (Å²) in [6, 6.07) is 7.97. The molecule has 0 unspecified atom stereocenters. The van der Waals surface area contributed by atoms with Crippen molar-refractivity contribution < 1.29 is 23.2 Å². The molecule has 0 saturated carbocycles. The lowest BCUT2D eigenvalue weighted by Gasteiger charge is -2.34. The Morgan fingerprint density at radius 2 is 1.76 bits per heavy atom. The minimum atomic E-state index is -0.579. The number of ketones is 1. The number of amides is 2. The van der Waals surface area contributed by atoms with Crippen LogP contribution in [0.1, 0.15) is 33.8 Å². The van der Waals surface area contributed by atoms with Gasteiger partial charge in [-0.25, -0.2) is 4.79 Å². The maximum atomic E-state index is 12.4. The SMILES string of the molecule is O=C(CCC(=O)N1CCN(C(=O)c2ccco2)CC1)c1ccc2[nH]c(=O)oc2c1. The van der Waals surface area contributed by atoms with Gasteiger partial charge in [0, 0.05) is 44.6 Å². The number of nitrogens with zero attached hydrogens (tertiary/aromatic N) is 2. The highest BCUT2D eigenvalue weighted by Crippen LogP contribution is 2.16. The predicted molar refractivity (Wildman–Crippen MR) is 102 cm³/mol. The van der Waals surface area contributed by atoms with Crippen LogP contribution in [0.5, 0.6) is 0 Å². The molecular formula is C20H19N3O6. The van der Waals surface area contributed by atoms with E-state index in [4.69, 9.17) is 8.83 Å². The Morgan fingerprint density at radius 1 is 1.00 bits per heavy atom. The number of Topliss-reactive ketones (excluding diaryl/α,β-unsaturated/α-hetero) is 1. The summed E-state index contributed by atoms with van der Waals surface area (Å²) in [5.41, 5.74) is 1.22. The van der Waals surface area contributed by atoms with Crippen LogP contribution in [0.3, 0.4) is 0 Å². The van der Waals surface area contributed by atoms with Crippen molar-refractivity contribution >= 4 is 28.7 Å². The third-order valence-electron chi connectivity index (χ3n) is 4.96. The van der Waals surface area contributed by atoms with E-state index in [-0.39, 0.29) is 36.2 Å². The molecule has 0 spiro atoms. The third kappa shape index (κ3) is 3.98. The molecular weight excluding hydrogens is 378 g/mol. The van der Waals surface area contributed by atoms with Gasteiger partial charge in [-0.05, 0) is 30.3 Å². The van der Waals surface area contributed by atoms with Crippen molar-refractivity contribution in [1.82, 2.24) is 14.8 Å². The van der Waals surface area contributed by atoms with Crippen molar-refractivity contribution in [2.75, 3.05) is 26.2 Å². The minimum absolute atomic E-state index is 0.0601. The molecule has 1 N–H and O–H groups in total. The molecule has 0 bridgehead atoms. The summed E-state index contributed by atoms with van der Waals surface area (Å²) in [5.74, 6) is -0.812. The molecule has 29 heavy (non-hydrogen) atoms. The number of carbonyl (C=O) groups excluding carboxylic acids is 3. The maximum Gasteiger partial charge on any atom is 0.417 e. The molecule has 150 valence electrons. The first-order valence-electron chi connectivity index (χ1n) is 9.28. The Labute approximate surface area is 164 Å². The number of benzene rings is 1. The van der Waals surface area contributed by atoms with E-state index in [9.17, 15) is 19.2 Å². The van der Waals surface area contributed by atoms with E-state index in [1.807, 2.05) is 0 Å². The van der Waals surface area contributed by atoms with Crippen molar-refractivity contribution in [3.05, 3.63) is 58.5 Å².